The highest BCUT2D eigenvalue weighted by atomic mass is 14.9. The van der Waals surface area contributed by atoms with Gasteiger partial charge in [0.15, 0.2) is 11.6 Å². The van der Waals surface area contributed by atoms with E-state index in [2.05, 4.69) is 355 Å². The van der Waals surface area contributed by atoms with Crippen molar-refractivity contribution < 1.29 is 0 Å². The van der Waals surface area contributed by atoms with Gasteiger partial charge in [-0.15, -0.1) is 0 Å². The van der Waals surface area contributed by atoms with Gasteiger partial charge in [0.2, 0.25) is 0 Å². The average Bonchev–Trinajstić information content (AvgIpc) is 1.51. The van der Waals surface area contributed by atoms with Gasteiger partial charge in [-0.1, -0.05) is 273 Å². The molecule has 21 rings (SSSR count). The lowest BCUT2D eigenvalue weighted by molar-refractivity contribution is 0.794. The van der Waals surface area contributed by atoms with Crippen LogP contribution in [0.25, 0.3) is 146 Å². The van der Waals surface area contributed by atoms with Crippen molar-refractivity contribution in [2.45, 2.75) is 44.9 Å². The zero-order valence-electron chi connectivity index (χ0n) is 60.7. The van der Waals surface area contributed by atoms with E-state index in [1.54, 1.807) is 0 Å². The number of benzene rings is 13. The SMILES string of the molecule is Cc1cnc(-c2ccc3c(c2)C2(c4ccccc4-c4ccc(-c5nc(Cc6cccc(-c7cc(-c8cccc(-c9ccccc9)c8)nc(-c8ccc9c(c8)C8(c%10ccccc%10-c%10ccccc%108)c8cc(-c%10nccc(C)c%10C)ccc8-9)n7)c6)cc(-c6ccccc6-c6ccccc6)n5)cc42)c2ccccc2-3)c(C)c1. The summed E-state index contributed by atoms with van der Waals surface area (Å²) in [6.45, 7) is 8.64. The molecular weight excluding hydrogens is 1320 g/mol. The van der Waals surface area contributed by atoms with Gasteiger partial charge in [-0.05, 0) is 221 Å². The van der Waals surface area contributed by atoms with Gasteiger partial charge < -0.3 is 0 Å². The van der Waals surface area contributed by atoms with E-state index in [0.29, 0.717) is 18.1 Å². The topological polar surface area (TPSA) is 77.3 Å². The zero-order chi connectivity index (χ0) is 72.6. The molecule has 6 heteroatoms. The highest BCUT2D eigenvalue weighted by molar-refractivity contribution is 5.99. The first-order valence-corrected chi connectivity index (χ1v) is 37.7. The minimum absolute atomic E-state index is 0.516. The lowest BCUT2D eigenvalue weighted by Crippen LogP contribution is -2.26. The van der Waals surface area contributed by atoms with E-state index in [0.717, 1.165) is 112 Å². The lowest BCUT2D eigenvalue weighted by atomic mass is 9.70. The molecule has 0 fully saturated rings. The molecule has 0 saturated carbocycles. The monoisotopic (exact) mass is 1390 g/mol. The van der Waals surface area contributed by atoms with Gasteiger partial charge in [0.1, 0.15) is 0 Å². The number of hydrogen-bond acceptors (Lipinski definition) is 6. The molecule has 4 aliphatic rings. The molecule has 2 spiro atoms. The third-order valence-electron chi connectivity index (χ3n) is 23.6. The van der Waals surface area contributed by atoms with Crippen LogP contribution in [0.5, 0.6) is 0 Å². The van der Waals surface area contributed by atoms with Crippen LogP contribution >= 0.6 is 0 Å². The molecule has 512 valence electrons. The zero-order valence-corrected chi connectivity index (χ0v) is 60.7. The van der Waals surface area contributed by atoms with Crippen LogP contribution in [0.3, 0.4) is 0 Å². The van der Waals surface area contributed by atoms with Crippen LogP contribution in [0.15, 0.2) is 340 Å². The van der Waals surface area contributed by atoms with E-state index >= 15 is 0 Å². The van der Waals surface area contributed by atoms with Crippen molar-refractivity contribution in [3.63, 3.8) is 0 Å². The van der Waals surface area contributed by atoms with Crippen LogP contribution in [0.2, 0.25) is 0 Å². The Labute approximate surface area is 634 Å². The standard InChI is InChI=1S/C103H70N6/c1-62-51-64(3)98(105-61-62)72-41-45-82-80-34-15-19-39-89(80)103(91(82)55-72)90-40-20-16-35-81(90)83-47-43-74(57-93(83)103)100-106-76(59-97(109-100)86-36-12-11-31-77(86)68-26-9-6-10-27-68)53-66-23-21-29-70(52-66)95-60-96(71-30-22-28-69(54-71)67-24-7-5-8-25-67)108-101(107-95)75-44-48-85-84-46-42-73(99-65(4)63(2)49-50-104-99)56-92(84)102(94(85)58-75)87-37-17-13-32-78(87)79-33-14-18-38-88(79)102/h5-52,54-61H,53H2,1-4H3. The molecule has 0 aliphatic heterocycles. The van der Waals surface area contributed by atoms with Crippen molar-refractivity contribution in [3.8, 4) is 146 Å². The summed E-state index contributed by atoms with van der Waals surface area (Å²) in [5, 5.41) is 0. The lowest BCUT2D eigenvalue weighted by Gasteiger charge is -2.31. The summed E-state index contributed by atoms with van der Waals surface area (Å²) >= 11 is 0. The van der Waals surface area contributed by atoms with E-state index in [1.165, 1.54) is 100 Å². The fourth-order valence-electron chi connectivity index (χ4n) is 18.6. The van der Waals surface area contributed by atoms with Crippen molar-refractivity contribution in [2.75, 3.05) is 0 Å². The van der Waals surface area contributed by atoms with Gasteiger partial charge >= 0.3 is 0 Å². The molecule has 17 aromatic rings. The normalized spacial score (nSPS) is 14.0. The van der Waals surface area contributed by atoms with Gasteiger partial charge in [-0.2, -0.15) is 0 Å². The molecule has 109 heavy (non-hydrogen) atoms. The molecule has 4 aliphatic carbocycles. The molecule has 0 N–H and O–H groups in total. The second-order valence-corrected chi connectivity index (χ2v) is 29.8. The fraction of sp³-hybridized carbons (Fsp3) is 0.0680. The van der Waals surface area contributed by atoms with E-state index in [1.807, 2.05) is 12.4 Å². The number of hydrogen-bond donors (Lipinski definition) is 0. The average molecular weight is 1390 g/mol. The first-order valence-electron chi connectivity index (χ1n) is 37.7. The molecule has 13 aromatic carbocycles. The number of aryl methyl sites for hydroxylation is 3. The van der Waals surface area contributed by atoms with E-state index in [-0.39, 0.29) is 0 Å². The molecule has 1 unspecified atom stereocenters. The van der Waals surface area contributed by atoms with E-state index in [4.69, 9.17) is 29.9 Å². The van der Waals surface area contributed by atoms with Crippen LogP contribution < -0.4 is 0 Å². The smallest absolute Gasteiger partial charge is 0.160 e. The number of fused-ring (bicyclic) bond motifs is 20. The van der Waals surface area contributed by atoms with Gasteiger partial charge in [0, 0.05) is 63.5 Å². The Morgan fingerprint density at radius 2 is 0.670 bits per heavy atom. The molecule has 4 heterocycles. The van der Waals surface area contributed by atoms with E-state index < -0.39 is 10.8 Å². The summed E-state index contributed by atoms with van der Waals surface area (Å²) in [5.41, 5.74) is 41.2. The summed E-state index contributed by atoms with van der Waals surface area (Å²) in [7, 11) is 0. The second kappa shape index (κ2) is 25.0. The Hall–Kier alpha value is -13.7. The summed E-state index contributed by atoms with van der Waals surface area (Å²) in [5.74, 6) is 1.30. The van der Waals surface area contributed by atoms with Gasteiger partial charge in [0.05, 0.1) is 39.3 Å². The summed E-state index contributed by atoms with van der Waals surface area (Å²) in [4.78, 5) is 32.8. The minimum Gasteiger partial charge on any atom is -0.256 e. The van der Waals surface area contributed by atoms with Crippen LogP contribution in [0.4, 0.5) is 0 Å². The Morgan fingerprint density at radius 3 is 1.22 bits per heavy atom. The summed E-state index contributed by atoms with van der Waals surface area (Å²) in [6, 6.07) is 120. The van der Waals surface area contributed by atoms with Crippen molar-refractivity contribution in [3.05, 3.63) is 418 Å². The number of aromatic nitrogens is 6. The minimum atomic E-state index is -0.641. The van der Waals surface area contributed by atoms with Gasteiger partial charge in [-0.3, -0.25) is 9.97 Å². The highest BCUT2D eigenvalue weighted by Crippen LogP contribution is 2.66. The molecule has 0 bridgehead atoms. The summed E-state index contributed by atoms with van der Waals surface area (Å²) in [6.07, 6.45) is 4.44. The predicted octanol–water partition coefficient (Wildman–Crippen LogP) is 24.6. The molecule has 0 saturated heterocycles. The second-order valence-electron chi connectivity index (χ2n) is 29.8. The van der Waals surface area contributed by atoms with Crippen LogP contribution in [0, 0.1) is 27.7 Å². The van der Waals surface area contributed by atoms with E-state index in [9.17, 15) is 0 Å². The fourth-order valence-corrected chi connectivity index (χ4v) is 18.6. The molecule has 0 amide bonds. The van der Waals surface area contributed by atoms with Gasteiger partial charge in [-0.25, -0.2) is 19.9 Å². The Kier molecular flexibility index (Phi) is 14.6. The third-order valence-corrected chi connectivity index (χ3v) is 23.6. The maximum atomic E-state index is 5.70. The number of nitrogens with zero attached hydrogens (tertiary/aromatic N) is 6. The maximum absolute atomic E-state index is 5.70. The highest BCUT2D eigenvalue weighted by Gasteiger charge is 2.54. The predicted molar refractivity (Wildman–Crippen MR) is 443 cm³/mol. The largest absolute Gasteiger partial charge is 0.256 e. The molecule has 0 radical (unpaired) electrons. The maximum Gasteiger partial charge on any atom is 0.160 e. The quantitative estimate of drug-likeness (QED) is 0.128. The summed E-state index contributed by atoms with van der Waals surface area (Å²) < 4.78 is 0. The van der Waals surface area contributed by atoms with Crippen LogP contribution in [-0.4, -0.2) is 29.9 Å². The molecule has 4 aromatic heterocycles. The number of rotatable bonds is 11. The van der Waals surface area contributed by atoms with Crippen molar-refractivity contribution in [1.29, 1.82) is 0 Å². The molecular formula is C103H70N6. The van der Waals surface area contributed by atoms with Gasteiger partial charge in [0.25, 0.3) is 0 Å². The molecule has 6 nitrogen and oxygen atoms in total. The molecule has 1 atom stereocenters. The van der Waals surface area contributed by atoms with Crippen LogP contribution in [0.1, 0.15) is 78.0 Å². The first-order chi connectivity index (χ1) is 53.6. The van der Waals surface area contributed by atoms with Crippen molar-refractivity contribution in [2.24, 2.45) is 0 Å². The van der Waals surface area contributed by atoms with Crippen molar-refractivity contribution in [1.82, 2.24) is 29.9 Å². The Bertz CT molecular complexity index is 6590. The third kappa shape index (κ3) is 9.94. The van der Waals surface area contributed by atoms with Crippen molar-refractivity contribution >= 4 is 0 Å². The first kappa shape index (κ1) is 63.8. The Morgan fingerprint density at radius 1 is 0.248 bits per heavy atom. The Balaban J connectivity index is 0.720. The van der Waals surface area contributed by atoms with Crippen LogP contribution in [-0.2, 0) is 17.3 Å². The number of pyridine rings is 2.